The number of hydrogen-bond donors (Lipinski definition) is 2. The number of carbonyl (C=O) groups is 2. The summed E-state index contributed by atoms with van der Waals surface area (Å²) in [5.41, 5.74) is 1.56. The Kier molecular flexibility index (Phi) is 6.68. The summed E-state index contributed by atoms with van der Waals surface area (Å²) in [6.45, 7) is 0.256. The molecule has 0 unspecified atom stereocenters. The second-order valence-electron chi connectivity index (χ2n) is 6.50. The number of nitrogens with one attached hydrogen (secondary N) is 2. The topological polar surface area (TPSA) is 61.4 Å². The summed E-state index contributed by atoms with van der Waals surface area (Å²) >= 11 is 1.58. The summed E-state index contributed by atoms with van der Waals surface area (Å²) in [6.07, 6.45) is 1.97. The SMILES string of the molecule is CSc1ccccc1NC(=O)CN(C)CC(=O)Nc1cccc2ccccc12. The minimum atomic E-state index is -0.156. The number of fused-ring (bicyclic) bond motifs is 1. The molecule has 0 aliphatic rings. The highest BCUT2D eigenvalue weighted by atomic mass is 32.2. The van der Waals surface area contributed by atoms with Gasteiger partial charge < -0.3 is 10.6 Å². The largest absolute Gasteiger partial charge is 0.324 e. The van der Waals surface area contributed by atoms with E-state index in [1.54, 1.807) is 23.7 Å². The number of carbonyl (C=O) groups excluding carboxylic acids is 2. The molecule has 3 rings (SSSR count). The molecule has 0 saturated carbocycles. The number of likely N-dealkylation sites (N-methyl/N-ethyl adjacent to an activating group) is 1. The smallest absolute Gasteiger partial charge is 0.238 e. The molecule has 0 radical (unpaired) electrons. The van der Waals surface area contributed by atoms with E-state index in [-0.39, 0.29) is 24.9 Å². The Morgan fingerprint density at radius 1 is 0.821 bits per heavy atom. The number of hydrogen-bond acceptors (Lipinski definition) is 4. The molecule has 0 heterocycles. The minimum absolute atomic E-state index is 0.126. The van der Waals surface area contributed by atoms with Crippen LogP contribution in [0.1, 0.15) is 0 Å². The summed E-state index contributed by atoms with van der Waals surface area (Å²) in [4.78, 5) is 27.4. The molecule has 6 heteroatoms. The van der Waals surface area contributed by atoms with Gasteiger partial charge in [0, 0.05) is 16.0 Å². The second kappa shape index (κ2) is 9.39. The van der Waals surface area contributed by atoms with Crippen LogP contribution in [0.25, 0.3) is 10.8 Å². The summed E-state index contributed by atoms with van der Waals surface area (Å²) < 4.78 is 0. The van der Waals surface area contributed by atoms with Gasteiger partial charge in [-0.05, 0) is 36.9 Å². The molecule has 0 aromatic heterocycles. The van der Waals surface area contributed by atoms with Gasteiger partial charge in [-0.1, -0.05) is 48.5 Å². The van der Waals surface area contributed by atoms with Crippen molar-refractivity contribution in [3.63, 3.8) is 0 Å². The molecule has 3 aromatic rings. The van der Waals surface area contributed by atoms with E-state index >= 15 is 0 Å². The lowest BCUT2D eigenvalue weighted by Gasteiger charge is -2.17. The molecular weight excluding hydrogens is 370 g/mol. The first kappa shape index (κ1) is 19.9. The average molecular weight is 394 g/mol. The van der Waals surface area contributed by atoms with Gasteiger partial charge in [-0.3, -0.25) is 14.5 Å². The van der Waals surface area contributed by atoms with Gasteiger partial charge in [0.15, 0.2) is 0 Å². The first-order chi connectivity index (χ1) is 13.6. The van der Waals surface area contributed by atoms with E-state index in [1.165, 1.54) is 0 Å². The van der Waals surface area contributed by atoms with Gasteiger partial charge in [0.05, 0.1) is 18.8 Å². The third kappa shape index (κ3) is 5.12. The Morgan fingerprint density at radius 3 is 2.14 bits per heavy atom. The predicted octanol–water partition coefficient (Wildman–Crippen LogP) is 4.07. The molecule has 0 spiro atoms. The normalized spacial score (nSPS) is 10.8. The van der Waals surface area contributed by atoms with Crippen molar-refractivity contribution in [1.29, 1.82) is 0 Å². The number of amides is 2. The highest BCUT2D eigenvalue weighted by molar-refractivity contribution is 7.98. The third-order valence-electron chi connectivity index (χ3n) is 4.27. The molecule has 28 heavy (non-hydrogen) atoms. The third-order valence-corrected chi connectivity index (χ3v) is 5.07. The highest BCUT2D eigenvalue weighted by Gasteiger charge is 2.13. The van der Waals surface area contributed by atoms with E-state index in [0.29, 0.717) is 0 Å². The molecule has 144 valence electrons. The Balaban J connectivity index is 1.56. The molecule has 0 bridgehead atoms. The molecule has 0 fully saturated rings. The van der Waals surface area contributed by atoms with E-state index in [2.05, 4.69) is 10.6 Å². The van der Waals surface area contributed by atoms with Crippen molar-refractivity contribution >= 4 is 45.7 Å². The zero-order chi connectivity index (χ0) is 19.9. The monoisotopic (exact) mass is 393 g/mol. The zero-order valence-corrected chi connectivity index (χ0v) is 16.8. The van der Waals surface area contributed by atoms with Crippen molar-refractivity contribution in [2.45, 2.75) is 4.90 Å². The fourth-order valence-electron chi connectivity index (χ4n) is 3.01. The van der Waals surface area contributed by atoms with Crippen LogP contribution in [0.3, 0.4) is 0 Å². The number of thioether (sulfide) groups is 1. The molecule has 0 atom stereocenters. The fraction of sp³-hybridized carbons (Fsp3) is 0.182. The van der Waals surface area contributed by atoms with Crippen LogP contribution in [0.5, 0.6) is 0 Å². The quantitative estimate of drug-likeness (QED) is 0.594. The van der Waals surface area contributed by atoms with Crippen LogP contribution in [-0.4, -0.2) is 43.1 Å². The standard InChI is InChI=1S/C22H23N3O2S/c1-25(15-22(27)24-19-11-5-6-13-20(19)28-2)14-21(26)23-18-12-7-9-16-8-3-4-10-17(16)18/h3-13H,14-15H2,1-2H3,(H,23,26)(H,24,27). The van der Waals surface area contributed by atoms with Crippen LogP contribution in [0.2, 0.25) is 0 Å². The summed E-state index contributed by atoms with van der Waals surface area (Å²) in [6, 6.07) is 21.4. The molecule has 5 nitrogen and oxygen atoms in total. The lowest BCUT2D eigenvalue weighted by atomic mass is 10.1. The van der Waals surface area contributed by atoms with E-state index in [1.807, 2.05) is 73.0 Å². The Bertz CT molecular complexity index is 985. The first-order valence-electron chi connectivity index (χ1n) is 8.96. The van der Waals surface area contributed by atoms with Crippen molar-refractivity contribution in [2.24, 2.45) is 0 Å². The average Bonchev–Trinajstić information content (AvgIpc) is 2.68. The van der Waals surface area contributed by atoms with Crippen LogP contribution in [0.15, 0.2) is 71.6 Å². The number of rotatable bonds is 7. The van der Waals surface area contributed by atoms with Crippen molar-refractivity contribution in [3.05, 3.63) is 66.7 Å². The predicted molar refractivity (Wildman–Crippen MR) is 117 cm³/mol. The maximum Gasteiger partial charge on any atom is 0.238 e. The van der Waals surface area contributed by atoms with Crippen molar-refractivity contribution in [3.8, 4) is 0 Å². The van der Waals surface area contributed by atoms with E-state index in [9.17, 15) is 9.59 Å². The lowest BCUT2D eigenvalue weighted by molar-refractivity contribution is -0.119. The first-order valence-corrected chi connectivity index (χ1v) is 10.2. The number of benzene rings is 3. The van der Waals surface area contributed by atoms with E-state index < -0.39 is 0 Å². The van der Waals surface area contributed by atoms with Gasteiger partial charge in [-0.15, -0.1) is 11.8 Å². The van der Waals surface area contributed by atoms with E-state index in [4.69, 9.17) is 0 Å². The lowest BCUT2D eigenvalue weighted by Crippen LogP contribution is -2.36. The van der Waals surface area contributed by atoms with Crippen molar-refractivity contribution in [2.75, 3.05) is 37.0 Å². The molecule has 2 amide bonds. The van der Waals surface area contributed by atoms with Crippen LogP contribution in [-0.2, 0) is 9.59 Å². The number of para-hydroxylation sites is 1. The molecule has 0 saturated heterocycles. The minimum Gasteiger partial charge on any atom is -0.324 e. The van der Waals surface area contributed by atoms with Crippen LogP contribution in [0.4, 0.5) is 11.4 Å². The Hall–Kier alpha value is -2.83. The number of nitrogens with zero attached hydrogens (tertiary/aromatic N) is 1. The van der Waals surface area contributed by atoms with Crippen molar-refractivity contribution < 1.29 is 9.59 Å². The summed E-state index contributed by atoms with van der Waals surface area (Å²) in [5.74, 6) is -0.307. The Morgan fingerprint density at radius 2 is 1.39 bits per heavy atom. The molecule has 2 N–H and O–H groups in total. The van der Waals surface area contributed by atoms with Gasteiger partial charge in [0.25, 0.3) is 0 Å². The van der Waals surface area contributed by atoms with Gasteiger partial charge >= 0.3 is 0 Å². The van der Waals surface area contributed by atoms with Crippen molar-refractivity contribution in [1.82, 2.24) is 4.90 Å². The molecule has 3 aromatic carbocycles. The molecule has 0 aliphatic heterocycles. The van der Waals surface area contributed by atoms with Crippen LogP contribution < -0.4 is 10.6 Å². The van der Waals surface area contributed by atoms with Crippen LogP contribution >= 0.6 is 11.8 Å². The second-order valence-corrected chi connectivity index (χ2v) is 7.34. The summed E-state index contributed by atoms with van der Waals surface area (Å²) in [5, 5.41) is 7.91. The van der Waals surface area contributed by atoms with Gasteiger partial charge in [-0.25, -0.2) is 0 Å². The number of anilines is 2. The highest BCUT2D eigenvalue weighted by Crippen LogP contribution is 2.24. The Labute approximate surface area is 169 Å². The molecular formula is C22H23N3O2S. The summed E-state index contributed by atoms with van der Waals surface area (Å²) in [7, 11) is 1.75. The van der Waals surface area contributed by atoms with Gasteiger partial charge in [0.2, 0.25) is 11.8 Å². The van der Waals surface area contributed by atoms with Gasteiger partial charge in [-0.2, -0.15) is 0 Å². The fourth-order valence-corrected chi connectivity index (χ4v) is 3.56. The maximum absolute atomic E-state index is 12.4. The molecule has 0 aliphatic carbocycles. The van der Waals surface area contributed by atoms with E-state index in [0.717, 1.165) is 27.0 Å². The maximum atomic E-state index is 12.4. The van der Waals surface area contributed by atoms with Crippen LogP contribution in [0, 0.1) is 0 Å². The zero-order valence-electron chi connectivity index (χ0n) is 15.9. The van der Waals surface area contributed by atoms with Gasteiger partial charge in [0.1, 0.15) is 0 Å².